The third kappa shape index (κ3) is 36.1. The minimum Gasteiger partial charge on any atom is -1.00 e. The summed E-state index contributed by atoms with van der Waals surface area (Å²) in [5.41, 5.74) is 40.0. The molecule has 4 aromatic rings. The van der Waals surface area contributed by atoms with Gasteiger partial charge >= 0.3 is 30.8 Å². The average Bonchev–Trinajstić information content (AvgIpc) is 3.58. The quantitative estimate of drug-likeness (QED) is 0.00750. The summed E-state index contributed by atoms with van der Waals surface area (Å²) in [5, 5.41) is 39.6. The largest absolute Gasteiger partial charge is 1.00 e. The van der Waals surface area contributed by atoms with E-state index in [1.807, 2.05) is 20.8 Å². The van der Waals surface area contributed by atoms with Crippen LogP contribution in [-0.2, 0) is 56.1 Å². The second-order valence-corrected chi connectivity index (χ2v) is 14.9. The van der Waals surface area contributed by atoms with Crippen molar-refractivity contribution in [2.75, 3.05) is 26.3 Å². The fourth-order valence-electron chi connectivity index (χ4n) is 4.55. The number of aryl methyl sites for hydroxylation is 4. The van der Waals surface area contributed by atoms with Crippen LogP contribution < -0.4 is 65.1 Å². The minimum atomic E-state index is -1.14. The summed E-state index contributed by atoms with van der Waals surface area (Å²) in [5.74, 6) is 0.450. The van der Waals surface area contributed by atoms with Crippen LogP contribution in [0.25, 0.3) is 12.2 Å². The standard InChI is InChI=1S/C9H12N2O2.C8H16N6O.C7H10N4OS.C7H10N2O.C6H9ClO3.C3H6N2.C3H5NO.CH5N3.Al.Li.H3N.H/c1-4-7-10-6(3)8(11-7)9(12)13-5-2;1-4-6(3-15)14-7(13-4)5(9)2-12-8(10)11;1-4-5(3-12)9-7(8-4)6-2-11(6)10-13;1-3-7-8-5(2)6(4-10)9-7;1-3-10-6(9)5(7)4(2)8;2*1-2-3(4)5;2-1(3)4;;;;/h4H,1,5H2,2-3H3,(H,10,11);5,15H,2-3,9H2,1H3,(H,13,14)(H4,10,11,12);6,12H,2-3H2,1H3,(H,8,9);3,10H,1,4H2,2H3,(H,8,9);5H,3H2,1-2H3;2H,1H2,(H3,4,5);2H,1H2,(H2,4,5);(H5,2,3,4);;;1H3;/q;;;;;;;;;+1;;-1. The van der Waals surface area contributed by atoms with E-state index in [0.717, 1.165) is 35.5 Å². The van der Waals surface area contributed by atoms with E-state index in [-0.39, 0.29) is 106 Å². The number of hydrogen-bond acceptors (Lipinski definition) is 20. The molecule has 5 heterocycles. The van der Waals surface area contributed by atoms with Crippen molar-refractivity contribution in [1.82, 2.24) is 51.0 Å². The molecule has 34 heteroatoms. The fourth-order valence-corrected chi connectivity index (χ4v) is 4.80. The zero-order valence-corrected chi connectivity index (χ0v) is 48.1. The van der Waals surface area contributed by atoms with Crippen LogP contribution in [0.4, 0.5) is 0 Å². The normalized spacial score (nSPS) is 11.4. The Morgan fingerprint density at radius 1 is 0.808 bits per heavy atom. The number of carbonyl (C=O) groups excluding carboxylic acids is 4. The van der Waals surface area contributed by atoms with E-state index in [2.05, 4.69) is 110 Å². The van der Waals surface area contributed by atoms with E-state index in [4.69, 9.17) is 65.4 Å². The van der Waals surface area contributed by atoms with E-state index in [9.17, 15) is 19.2 Å². The van der Waals surface area contributed by atoms with Crippen LogP contribution in [0.3, 0.4) is 0 Å². The number of Topliss-reactive ketones (excluding diaryl/α,β-unsaturated/α-hetero) is 1. The first-order chi connectivity index (χ1) is 35.1. The van der Waals surface area contributed by atoms with Crippen LogP contribution in [0, 0.1) is 38.5 Å². The number of nitrogens with zero attached hydrogens (tertiary/aromatic N) is 7. The van der Waals surface area contributed by atoms with Gasteiger partial charge in [-0.2, -0.15) is 0 Å². The number of aliphatic hydroxyl groups excluding tert-OH is 3. The molecular formula is C44H77AlClLiN21O9S. The number of primary amides is 1. The monoisotopic (exact) mass is 1140 g/mol. The second-order valence-electron chi connectivity index (χ2n) is 14.3. The molecule has 0 bridgehead atoms. The van der Waals surface area contributed by atoms with Gasteiger partial charge in [-0.3, -0.25) is 30.4 Å². The van der Waals surface area contributed by atoms with E-state index < -0.39 is 29.3 Å². The molecule has 1 aliphatic heterocycles. The van der Waals surface area contributed by atoms with Gasteiger partial charge in [0.15, 0.2) is 28.8 Å². The maximum atomic E-state index is 11.3. The third-order valence-electron chi connectivity index (χ3n) is 8.32. The molecule has 0 saturated carbocycles. The molecule has 429 valence electrons. The Morgan fingerprint density at radius 2 is 1.23 bits per heavy atom. The molecule has 26 N–H and O–H groups in total. The summed E-state index contributed by atoms with van der Waals surface area (Å²) in [6.07, 6.45) is 5.50. The van der Waals surface area contributed by atoms with Gasteiger partial charge in [-0.25, -0.2) is 29.5 Å². The number of imidazole rings is 4. The number of aromatic amines is 4. The second kappa shape index (κ2) is 46.1. The van der Waals surface area contributed by atoms with Crippen molar-refractivity contribution < 1.29 is 64.3 Å². The van der Waals surface area contributed by atoms with Crippen molar-refractivity contribution in [2.45, 2.75) is 85.7 Å². The van der Waals surface area contributed by atoms with Crippen molar-refractivity contribution in [3.63, 3.8) is 0 Å². The number of ether oxygens (including phenoxy) is 2. The Labute approximate surface area is 487 Å². The molecule has 3 unspecified atom stereocenters. The predicted octanol–water partition coefficient (Wildman–Crippen LogP) is -2.66. The van der Waals surface area contributed by atoms with Crippen molar-refractivity contribution in [3.05, 3.63) is 107 Å². The Balaban J connectivity index is -0.000000154. The summed E-state index contributed by atoms with van der Waals surface area (Å²) in [4.78, 5) is 73.9. The molecule has 1 fully saturated rings. The van der Waals surface area contributed by atoms with Crippen molar-refractivity contribution in [2.24, 2.45) is 49.6 Å². The van der Waals surface area contributed by atoms with Gasteiger partial charge in [0.05, 0.1) is 81.7 Å². The molecular weight excluding hydrogens is 1070 g/mol. The Morgan fingerprint density at radius 3 is 1.55 bits per heavy atom. The maximum absolute atomic E-state index is 11.3. The van der Waals surface area contributed by atoms with Crippen molar-refractivity contribution in [1.29, 1.82) is 10.8 Å². The van der Waals surface area contributed by atoms with Gasteiger partial charge in [-0.1, -0.05) is 26.3 Å². The number of esters is 2. The third-order valence-corrected chi connectivity index (χ3v) is 9.01. The van der Waals surface area contributed by atoms with E-state index in [1.165, 1.54) is 13.0 Å². The number of alkyl halides is 1. The number of ketones is 1. The first-order valence-corrected chi connectivity index (χ1v) is 22.6. The van der Waals surface area contributed by atoms with Gasteiger partial charge in [0.1, 0.15) is 35.2 Å². The first-order valence-electron chi connectivity index (χ1n) is 21.8. The number of carbonyl (C=O) groups is 4. The number of guanidine groups is 2. The van der Waals surface area contributed by atoms with Crippen LogP contribution >= 0.6 is 11.6 Å². The van der Waals surface area contributed by atoms with Crippen LogP contribution in [0.1, 0.15) is 108 Å². The Kier molecular flexibility index (Phi) is 48.6. The summed E-state index contributed by atoms with van der Waals surface area (Å²) < 4.78 is 12.9. The number of aliphatic imine (C=N–C) groups is 1. The number of hydrogen-bond donors (Lipinski definition) is 17. The molecule has 3 radical (unpaired) electrons. The van der Waals surface area contributed by atoms with Crippen molar-refractivity contribution >= 4 is 94.9 Å². The summed E-state index contributed by atoms with van der Waals surface area (Å²) in [7, 11) is 0. The van der Waals surface area contributed by atoms with Crippen LogP contribution in [0.15, 0.2) is 47.9 Å². The molecule has 3 atom stereocenters. The van der Waals surface area contributed by atoms with Crippen LogP contribution in [0.2, 0.25) is 0 Å². The Hall–Kier alpha value is -7.07. The van der Waals surface area contributed by atoms with E-state index >= 15 is 0 Å². The average molecular weight is 1150 g/mol. The van der Waals surface area contributed by atoms with Gasteiger partial charge in [-0.05, 0) is 72.8 Å². The van der Waals surface area contributed by atoms with Gasteiger partial charge in [0, 0.05) is 40.1 Å². The summed E-state index contributed by atoms with van der Waals surface area (Å²) in [6.45, 7) is 26.9. The number of rotatable bonds is 17. The number of halogens is 1. The Bertz CT molecular complexity index is 2500. The molecule has 1 aliphatic rings. The van der Waals surface area contributed by atoms with Crippen molar-refractivity contribution in [3.8, 4) is 0 Å². The smallest absolute Gasteiger partial charge is 1.00 e. The summed E-state index contributed by atoms with van der Waals surface area (Å²) >= 11 is 9.86. The summed E-state index contributed by atoms with van der Waals surface area (Å²) in [6, 6.07) is -0.206. The molecule has 78 heavy (non-hydrogen) atoms. The maximum Gasteiger partial charge on any atom is 1.00 e. The zero-order chi connectivity index (χ0) is 58.5. The van der Waals surface area contributed by atoms with E-state index in [0.29, 0.717) is 52.5 Å². The van der Waals surface area contributed by atoms with Crippen LogP contribution in [0.5, 0.6) is 0 Å². The predicted molar refractivity (Wildman–Crippen MR) is 300 cm³/mol. The minimum absolute atomic E-state index is 0. The molecule has 0 spiro atoms. The topological polar surface area (TPSA) is 555 Å². The molecule has 1 amide bonds. The molecule has 30 nitrogen and oxygen atoms in total. The number of H-pyrrole nitrogens is 4. The van der Waals surface area contributed by atoms with Gasteiger partial charge in [-0.15, -0.1) is 16.1 Å². The van der Waals surface area contributed by atoms with E-state index in [1.54, 1.807) is 37.9 Å². The first kappa shape index (κ1) is 82.3. The molecule has 0 aromatic carbocycles. The van der Waals surface area contributed by atoms with Gasteiger partial charge < -0.3 is 92.4 Å². The van der Waals surface area contributed by atoms with Gasteiger partial charge in [0.2, 0.25) is 5.91 Å². The fraction of sp³-hybridized carbons (Fsp3) is 0.386. The molecule has 1 saturated heterocycles. The van der Waals surface area contributed by atoms with Crippen LogP contribution in [-0.4, -0.2) is 151 Å². The number of nitrogens with one attached hydrogen (secondary N) is 6. The SMILES string of the molecule is C=CC(=N)N.C=CC(N)=O.C=Cc1nc(C(=O)OCC)c(C)[nH]1.C=Cc1nc(CO)c(C)[nH]1.CCOC(=O)C(Cl)C(C)=O.Cc1[nH]c(C(N)CN=C(N)N)nc1CO.Cc1[nH]c(C2CN2N=S)nc1CO.N.N=C(N)N.[Al].[H-].[Li+]. The number of aromatic nitrogens is 8. The number of amidine groups is 1. The molecule has 4 aromatic heterocycles. The number of aliphatic hydroxyl groups is 3. The zero-order valence-electron chi connectivity index (χ0n) is 46.4. The van der Waals surface area contributed by atoms with Gasteiger partial charge in [0.25, 0.3) is 0 Å². The number of amides is 1. The molecule has 5 rings (SSSR count). The number of nitrogens with two attached hydrogens (primary N) is 7. The molecule has 0 aliphatic carbocycles.